The third kappa shape index (κ3) is 4.82. The Hall–Kier alpha value is -1.83. The highest BCUT2D eigenvalue weighted by atomic mass is 32.2. The maximum absolute atomic E-state index is 13.4. The second-order valence-electron chi connectivity index (χ2n) is 5.73. The standard InChI is InChI=1S/C15H21FN2O4S/c1-10(13-7-12(16)3-4-14(13)22-2)18-15(19)17-8-11-5-6-23(20,21)9-11/h3-4,7,10-11H,5-6,8-9H2,1-2H3,(H2,17,18,19)/t10-,11-/m0/s1. The van der Waals surface area contributed by atoms with Crippen molar-refractivity contribution in [2.24, 2.45) is 5.92 Å². The van der Waals surface area contributed by atoms with Crippen molar-refractivity contribution in [2.75, 3.05) is 25.2 Å². The largest absolute Gasteiger partial charge is 0.496 e. The molecule has 2 atom stereocenters. The maximum Gasteiger partial charge on any atom is 0.315 e. The molecule has 1 aromatic carbocycles. The van der Waals surface area contributed by atoms with Gasteiger partial charge in [-0.25, -0.2) is 17.6 Å². The molecule has 0 radical (unpaired) electrons. The van der Waals surface area contributed by atoms with E-state index in [4.69, 9.17) is 4.74 Å². The molecule has 23 heavy (non-hydrogen) atoms. The van der Waals surface area contributed by atoms with E-state index >= 15 is 0 Å². The van der Waals surface area contributed by atoms with Crippen molar-refractivity contribution in [1.29, 1.82) is 0 Å². The fraction of sp³-hybridized carbons (Fsp3) is 0.533. The van der Waals surface area contributed by atoms with Crippen molar-refractivity contribution in [2.45, 2.75) is 19.4 Å². The Labute approximate surface area is 135 Å². The van der Waals surface area contributed by atoms with E-state index < -0.39 is 27.7 Å². The number of ether oxygens (including phenoxy) is 1. The Morgan fingerprint density at radius 3 is 2.83 bits per heavy atom. The Kier molecular flexibility index (Phi) is 5.46. The SMILES string of the molecule is COc1ccc(F)cc1[C@H](C)NC(=O)NC[C@@H]1CCS(=O)(=O)C1. The van der Waals surface area contributed by atoms with Gasteiger partial charge >= 0.3 is 6.03 Å². The third-order valence-electron chi connectivity index (χ3n) is 3.88. The minimum atomic E-state index is -2.95. The first-order valence-electron chi connectivity index (χ1n) is 7.39. The van der Waals surface area contributed by atoms with E-state index in [2.05, 4.69) is 10.6 Å². The molecule has 0 aliphatic carbocycles. The Morgan fingerprint density at radius 1 is 1.48 bits per heavy atom. The van der Waals surface area contributed by atoms with Crippen LogP contribution in [-0.4, -0.2) is 39.6 Å². The van der Waals surface area contributed by atoms with Crippen LogP contribution in [0.5, 0.6) is 5.75 Å². The molecule has 1 aromatic rings. The Bertz CT molecular complexity index is 678. The number of amides is 2. The van der Waals surface area contributed by atoms with E-state index in [1.54, 1.807) is 6.92 Å². The first-order chi connectivity index (χ1) is 10.8. The maximum atomic E-state index is 13.4. The number of sulfone groups is 1. The summed E-state index contributed by atoms with van der Waals surface area (Å²) in [6.07, 6.45) is 0.565. The van der Waals surface area contributed by atoms with Crippen LogP contribution in [0.1, 0.15) is 24.9 Å². The second-order valence-corrected chi connectivity index (χ2v) is 7.96. The molecule has 2 N–H and O–H groups in total. The van der Waals surface area contributed by atoms with Gasteiger partial charge in [0.25, 0.3) is 0 Å². The molecule has 1 aliphatic heterocycles. The lowest BCUT2D eigenvalue weighted by atomic mass is 10.1. The van der Waals surface area contributed by atoms with Crippen LogP contribution < -0.4 is 15.4 Å². The molecular weight excluding hydrogens is 323 g/mol. The number of hydrogen-bond donors (Lipinski definition) is 2. The van der Waals surface area contributed by atoms with Gasteiger partial charge in [0.05, 0.1) is 24.7 Å². The monoisotopic (exact) mass is 344 g/mol. The van der Waals surface area contributed by atoms with Crippen molar-refractivity contribution >= 4 is 15.9 Å². The van der Waals surface area contributed by atoms with Crippen molar-refractivity contribution in [1.82, 2.24) is 10.6 Å². The van der Waals surface area contributed by atoms with Crippen molar-refractivity contribution < 1.29 is 22.3 Å². The molecule has 0 unspecified atom stereocenters. The van der Waals surface area contributed by atoms with E-state index in [1.807, 2.05) is 0 Å². The van der Waals surface area contributed by atoms with Crippen molar-refractivity contribution in [3.63, 3.8) is 0 Å². The molecular formula is C15H21FN2O4S. The summed E-state index contributed by atoms with van der Waals surface area (Å²) >= 11 is 0. The zero-order valence-electron chi connectivity index (χ0n) is 13.1. The number of carbonyl (C=O) groups excluding carboxylic acids is 1. The highest BCUT2D eigenvalue weighted by Gasteiger charge is 2.28. The number of benzene rings is 1. The number of carbonyl (C=O) groups is 1. The number of nitrogens with one attached hydrogen (secondary N) is 2. The highest BCUT2D eigenvalue weighted by Crippen LogP contribution is 2.25. The molecule has 6 nitrogen and oxygen atoms in total. The summed E-state index contributed by atoms with van der Waals surface area (Å²) in [7, 11) is -1.48. The molecule has 1 heterocycles. The molecule has 0 spiro atoms. The molecule has 1 saturated heterocycles. The van der Waals surface area contributed by atoms with Gasteiger partial charge in [-0.1, -0.05) is 0 Å². The van der Waals surface area contributed by atoms with Crippen LogP contribution in [-0.2, 0) is 9.84 Å². The highest BCUT2D eigenvalue weighted by molar-refractivity contribution is 7.91. The average Bonchev–Trinajstić information content (AvgIpc) is 2.84. The van der Waals surface area contributed by atoms with Crippen LogP contribution >= 0.6 is 0 Å². The fourth-order valence-electron chi connectivity index (χ4n) is 2.64. The molecule has 0 bridgehead atoms. The normalized spacial score (nSPS) is 20.7. The van der Waals surface area contributed by atoms with Crippen LogP contribution in [0.3, 0.4) is 0 Å². The van der Waals surface area contributed by atoms with Gasteiger partial charge in [-0.3, -0.25) is 0 Å². The van der Waals surface area contributed by atoms with Gasteiger partial charge in [-0.2, -0.15) is 0 Å². The van der Waals surface area contributed by atoms with Gasteiger partial charge in [-0.05, 0) is 37.5 Å². The van der Waals surface area contributed by atoms with Crippen LogP contribution in [0.4, 0.5) is 9.18 Å². The first-order valence-corrected chi connectivity index (χ1v) is 9.21. The summed E-state index contributed by atoms with van der Waals surface area (Å²) < 4.78 is 41.3. The fourth-order valence-corrected chi connectivity index (χ4v) is 4.50. The van der Waals surface area contributed by atoms with Gasteiger partial charge in [0.15, 0.2) is 9.84 Å². The third-order valence-corrected chi connectivity index (χ3v) is 5.72. The smallest absolute Gasteiger partial charge is 0.315 e. The zero-order chi connectivity index (χ0) is 17.0. The van der Waals surface area contributed by atoms with Crippen molar-refractivity contribution in [3.8, 4) is 5.75 Å². The van der Waals surface area contributed by atoms with Gasteiger partial charge in [-0.15, -0.1) is 0 Å². The Morgan fingerprint density at radius 2 is 2.22 bits per heavy atom. The van der Waals surface area contributed by atoms with Gasteiger partial charge in [0, 0.05) is 12.1 Å². The minimum absolute atomic E-state index is 0.0511. The average molecular weight is 344 g/mol. The molecule has 2 amide bonds. The van der Waals surface area contributed by atoms with E-state index in [0.717, 1.165) is 0 Å². The molecule has 1 aliphatic rings. The molecule has 1 fully saturated rings. The summed E-state index contributed by atoms with van der Waals surface area (Å²) in [5.41, 5.74) is 0.533. The lowest BCUT2D eigenvalue weighted by Crippen LogP contribution is -2.39. The van der Waals surface area contributed by atoms with Crippen LogP contribution in [0.2, 0.25) is 0 Å². The van der Waals surface area contributed by atoms with E-state index in [0.29, 0.717) is 24.3 Å². The first kappa shape index (κ1) is 17.5. The van der Waals surface area contributed by atoms with Crippen LogP contribution in [0.25, 0.3) is 0 Å². The number of urea groups is 1. The van der Waals surface area contributed by atoms with Gasteiger partial charge in [0.1, 0.15) is 11.6 Å². The number of halogens is 1. The number of rotatable bonds is 5. The molecule has 8 heteroatoms. The predicted octanol–water partition coefficient (Wildman–Crippen LogP) is 1.63. The minimum Gasteiger partial charge on any atom is -0.496 e. The van der Waals surface area contributed by atoms with Crippen LogP contribution in [0, 0.1) is 11.7 Å². The van der Waals surface area contributed by atoms with E-state index in [-0.39, 0.29) is 17.4 Å². The van der Waals surface area contributed by atoms with E-state index in [9.17, 15) is 17.6 Å². The predicted molar refractivity (Wildman–Crippen MR) is 84.7 cm³/mol. The molecule has 2 rings (SSSR count). The topological polar surface area (TPSA) is 84.5 Å². The number of methoxy groups -OCH3 is 1. The number of hydrogen-bond acceptors (Lipinski definition) is 4. The van der Waals surface area contributed by atoms with Crippen molar-refractivity contribution in [3.05, 3.63) is 29.6 Å². The summed E-state index contributed by atoms with van der Waals surface area (Å²) in [5, 5.41) is 5.36. The second kappa shape index (κ2) is 7.16. The quantitative estimate of drug-likeness (QED) is 0.850. The lowest BCUT2D eigenvalue weighted by Gasteiger charge is -2.18. The van der Waals surface area contributed by atoms with E-state index in [1.165, 1.54) is 25.3 Å². The van der Waals surface area contributed by atoms with Gasteiger partial charge < -0.3 is 15.4 Å². The molecule has 128 valence electrons. The summed E-state index contributed by atoms with van der Waals surface area (Å²) in [6.45, 7) is 2.02. The summed E-state index contributed by atoms with van der Waals surface area (Å²) in [4.78, 5) is 11.9. The van der Waals surface area contributed by atoms with Crippen LogP contribution in [0.15, 0.2) is 18.2 Å². The van der Waals surface area contributed by atoms with Gasteiger partial charge in [0.2, 0.25) is 0 Å². The molecule has 0 aromatic heterocycles. The zero-order valence-corrected chi connectivity index (χ0v) is 14.0. The Balaban J connectivity index is 1.89. The lowest BCUT2D eigenvalue weighted by molar-refractivity contribution is 0.236. The molecule has 0 saturated carbocycles. The summed E-state index contributed by atoms with van der Waals surface area (Å²) in [6, 6.07) is 3.23. The summed E-state index contributed by atoms with van der Waals surface area (Å²) in [5.74, 6) is 0.315.